The van der Waals surface area contributed by atoms with E-state index in [-0.39, 0.29) is 17.6 Å². The molecule has 2 aromatic carbocycles. The zero-order valence-electron chi connectivity index (χ0n) is 16.3. The second kappa shape index (κ2) is 8.18. The molecule has 2 unspecified atom stereocenters. The van der Waals surface area contributed by atoms with Gasteiger partial charge in [0, 0.05) is 17.3 Å². The minimum atomic E-state index is -0.466. The molecule has 2 atom stereocenters. The standard InChI is InChI=1S/C20H24N4O4/c1-11(15-10-14(27-3)6-8-18(15)28-4)21-12(2)19(25)22-13-5-7-16-17(9-13)24-20(26)23-16/h5-12,21H,1-4H3,(H,22,25)(H2,23,24,26). The van der Waals surface area contributed by atoms with Crippen molar-refractivity contribution in [3.05, 3.63) is 52.4 Å². The summed E-state index contributed by atoms with van der Waals surface area (Å²) in [4.78, 5) is 29.3. The van der Waals surface area contributed by atoms with Crippen LogP contribution in [0.5, 0.6) is 11.5 Å². The highest BCUT2D eigenvalue weighted by Gasteiger charge is 2.19. The minimum Gasteiger partial charge on any atom is -0.497 e. The quantitative estimate of drug-likeness (QED) is 0.501. The number of imidazole rings is 1. The summed E-state index contributed by atoms with van der Waals surface area (Å²) in [5.74, 6) is 1.25. The van der Waals surface area contributed by atoms with E-state index in [1.165, 1.54) is 0 Å². The lowest BCUT2D eigenvalue weighted by Gasteiger charge is -2.22. The molecule has 0 fully saturated rings. The number of aromatic amines is 2. The number of benzene rings is 2. The zero-order valence-corrected chi connectivity index (χ0v) is 16.3. The Labute approximate surface area is 162 Å². The first-order valence-electron chi connectivity index (χ1n) is 8.92. The number of rotatable bonds is 7. The van der Waals surface area contributed by atoms with E-state index in [1.807, 2.05) is 25.1 Å². The molecule has 3 rings (SSSR count). The Hall–Kier alpha value is -3.26. The number of ether oxygens (including phenoxy) is 2. The highest BCUT2D eigenvalue weighted by Crippen LogP contribution is 2.29. The van der Waals surface area contributed by atoms with Crippen molar-refractivity contribution >= 4 is 22.6 Å². The van der Waals surface area contributed by atoms with Crippen LogP contribution in [0.2, 0.25) is 0 Å². The number of hydrogen-bond donors (Lipinski definition) is 4. The fraction of sp³-hybridized carbons (Fsp3) is 0.300. The monoisotopic (exact) mass is 384 g/mol. The average Bonchev–Trinajstić information content (AvgIpc) is 3.06. The first-order valence-corrected chi connectivity index (χ1v) is 8.92. The fourth-order valence-corrected chi connectivity index (χ4v) is 3.08. The number of amides is 1. The van der Waals surface area contributed by atoms with Gasteiger partial charge in [0.1, 0.15) is 11.5 Å². The van der Waals surface area contributed by atoms with E-state index in [9.17, 15) is 9.59 Å². The molecule has 0 aliphatic heterocycles. The Morgan fingerprint density at radius 1 is 1.00 bits per heavy atom. The molecule has 0 aliphatic carbocycles. The van der Waals surface area contributed by atoms with Gasteiger partial charge in [-0.05, 0) is 50.2 Å². The maximum absolute atomic E-state index is 12.6. The summed E-state index contributed by atoms with van der Waals surface area (Å²) in [5.41, 5.74) is 2.54. The molecule has 1 amide bonds. The van der Waals surface area contributed by atoms with E-state index < -0.39 is 6.04 Å². The molecule has 8 heteroatoms. The van der Waals surface area contributed by atoms with Gasteiger partial charge >= 0.3 is 5.69 Å². The lowest BCUT2D eigenvalue weighted by atomic mass is 10.1. The van der Waals surface area contributed by atoms with Crippen LogP contribution in [0.4, 0.5) is 5.69 Å². The Kier molecular flexibility index (Phi) is 5.70. The number of nitrogens with one attached hydrogen (secondary N) is 4. The molecule has 0 saturated heterocycles. The van der Waals surface area contributed by atoms with Gasteiger partial charge in [-0.3, -0.25) is 10.1 Å². The Bertz CT molecular complexity index is 1040. The number of aromatic nitrogens is 2. The Morgan fingerprint density at radius 3 is 2.46 bits per heavy atom. The third-order valence-electron chi connectivity index (χ3n) is 4.58. The highest BCUT2D eigenvalue weighted by atomic mass is 16.5. The number of hydrogen-bond acceptors (Lipinski definition) is 5. The van der Waals surface area contributed by atoms with Crippen molar-refractivity contribution < 1.29 is 14.3 Å². The summed E-state index contributed by atoms with van der Waals surface area (Å²) < 4.78 is 10.7. The minimum absolute atomic E-state index is 0.144. The van der Waals surface area contributed by atoms with Crippen molar-refractivity contribution in [3.63, 3.8) is 0 Å². The number of methoxy groups -OCH3 is 2. The molecule has 0 spiro atoms. The van der Waals surface area contributed by atoms with E-state index in [0.717, 1.165) is 17.1 Å². The van der Waals surface area contributed by atoms with Gasteiger partial charge in [-0.15, -0.1) is 0 Å². The van der Waals surface area contributed by atoms with Crippen LogP contribution in [-0.4, -0.2) is 36.1 Å². The van der Waals surface area contributed by atoms with Gasteiger partial charge in [-0.1, -0.05) is 0 Å². The van der Waals surface area contributed by atoms with Crippen LogP contribution in [0.15, 0.2) is 41.2 Å². The third kappa shape index (κ3) is 4.17. The summed E-state index contributed by atoms with van der Waals surface area (Å²) in [7, 11) is 3.21. The van der Waals surface area contributed by atoms with Crippen LogP contribution in [-0.2, 0) is 4.79 Å². The van der Waals surface area contributed by atoms with E-state index in [0.29, 0.717) is 16.7 Å². The van der Waals surface area contributed by atoms with Gasteiger partial charge in [-0.25, -0.2) is 4.79 Å². The Morgan fingerprint density at radius 2 is 1.75 bits per heavy atom. The van der Waals surface area contributed by atoms with Crippen molar-refractivity contribution in [2.75, 3.05) is 19.5 Å². The molecular weight excluding hydrogens is 360 g/mol. The third-order valence-corrected chi connectivity index (χ3v) is 4.58. The molecule has 0 radical (unpaired) electrons. The van der Waals surface area contributed by atoms with E-state index in [1.54, 1.807) is 39.3 Å². The topological polar surface area (TPSA) is 108 Å². The summed E-state index contributed by atoms with van der Waals surface area (Å²) in [6, 6.07) is 10.1. The normalized spacial score (nSPS) is 13.1. The molecule has 0 bridgehead atoms. The van der Waals surface area contributed by atoms with Crippen molar-refractivity contribution in [2.45, 2.75) is 25.9 Å². The smallest absolute Gasteiger partial charge is 0.323 e. The van der Waals surface area contributed by atoms with Crippen LogP contribution in [0.3, 0.4) is 0 Å². The van der Waals surface area contributed by atoms with E-state index in [2.05, 4.69) is 20.6 Å². The molecule has 0 aliphatic rings. The SMILES string of the molecule is COc1ccc(OC)c(C(C)NC(C)C(=O)Nc2ccc3[nH]c(=O)[nH]c3c2)c1. The molecule has 1 aromatic heterocycles. The van der Waals surface area contributed by atoms with Gasteiger partial charge in [0.15, 0.2) is 0 Å². The number of carbonyl (C=O) groups excluding carboxylic acids is 1. The van der Waals surface area contributed by atoms with Crippen molar-refractivity contribution in [3.8, 4) is 11.5 Å². The molecule has 8 nitrogen and oxygen atoms in total. The molecule has 0 saturated carbocycles. The molecule has 1 heterocycles. The molecule has 3 aromatic rings. The van der Waals surface area contributed by atoms with Gasteiger partial charge in [0.25, 0.3) is 0 Å². The number of carbonyl (C=O) groups is 1. The molecular formula is C20H24N4O4. The van der Waals surface area contributed by atoms with Crippen molar-refractivity contribution in [1.82, 2.24) is 15.3 Å². The second-order valence-corrected chi connectivity index (χ2v) is 6.55. The summed E-state index contributed by atoms with van der Waals surface area (Å²) >= 11 is 0. The lowest BCUT2D eigenvalue weighted by Crippen LogP contribution is -2.39. The summed E-state index contributed by atoms with van der Waals surface area (Å²) in [6.45, 7) is 3.74. The maximum Gasteiger partial charge on any atom is 0.323 e. The fourth-order valence-electron chi connectivity index (χ4n) is 3.08. The predicted molar refractivity (Wildman–Crippen MR) is 108 cm³/mol. The van der Waals surface area contributed by atoms with Crippen LogP contribution in [0.1, 0.15) is 25.5 Å². The van der Waals surface area contributed by atoms with Gasteiger partial charge < -0.3 is 24.8 Å². The average molecular weight is 384 g/mol. The lowest BCUT2D eigenvalue weighted by molar-refractivity contribution is -0.117. The first kappa shape index (κ1) is 19.5. The highest BCUT2D eigenvalue weighted by molar-refractivity contribution is 5.96. The van der Waals surface area contributed by atoms with Crippen LogP contribution < -0.4 is 25.8 Å². The van der Waals surface area contributed by atoms with Crippen molar-refractivity contribution in [1.29, 1.82) is 0 Å². The first-order chi connectivity index (χ1) is 13.4. The number of fused-ring (bicyclic) bond motifs is 1. The van der Waals surface area contributed by atoms with Crippen LogP contribution >= 0.6 is 0 Å². The summed E-state index contributed by atoms with van der Waals surface area (Å²) in [5, 5.41) is 6.13. The molecule has 28 heavy (non-hydrogen) atoms. The molecule has 4 N–H and O–H groups in total. The van der Waals surface area contributed by atoms with Gasteiger partial charge in [0.2, 0.25) is 5.91 Å². The van der Waals surface area contributed by atoms with Crippen LogP contribution in [0.25, 0.3) is 11.0 Å². The van der Waals surface area contributed by atoms with Gasteiger partial charge in [-0.2, -0.15) is 0 Å². The Balaban J connectivity index is 1.70. The maximum atomic E-state index is 12.6. The van der Waals surface area contributed by atoms with E-state index >= 15 is 0 Å². The van der Waals surface area contributed by atoms with Crippen molar-refractivity contribution in [2.24, 2.45) is 0 Å². The van der Waals surface area contributed by atoms with E-state index in [4.69, 9.17) is 9.47 Å². The number of anilines is 1. The predicted octanol–water partition coefficient (Wildman–Crippen LogP) is 2.55. The second-order valence-electron chi connectivity index (χ2n) is 6.55. The van der Waals surface area contributed by atoms with Gasteiger partial charge in [0.05, 0.1) is 31.3 Å². The zero-order chi connectivity index (χ0) is 20.3. The summed E-state index contributed by atoms with van der Waals surface area (Å²) in [6.07, 6.45) is 0. The molecule has 148 valence electrons. The number of H-pyrrole nitrogens is 2. The largest absolute Gasteiger partial charge is 0.497 e. The van der Waals surface area contributed by atoms with Crippen LogP contribution in [0, 0.1) is 0 Å².